The van der Waals surface area contributed by atoms with Gasteiger partial charge in [-0.1, -0.05) is 38.1 Å². The first kappa shape index (κ1) is 14.4. The van der Waals surface area contributed by atoms with Gasteiger partial charge in [-0.3, -0.25) is 4.79 Å². The fourth-order valence-electron chi connectivity index (χ4n) is 2.29. The van der Waals surface area contributed by atoms with Crippen molar-refractivity contribution in [1.29, 1.82) is 0 Å². The predicted octanol–water partition coefficient (Wildman–Crippen LogP) is 3.51. The molecule has 3 heteroatoms. The molecule has 0 saturated heterocycles. The van der Waals surface area contributed by atoms with Crippen molar-refractivity contribution >= 4 is 5.69 Å². The van der Waals surface area contributed by atoms with Gasteiger partial charge in [-0.2, -0.15) is 0 Å². The van der Waals surface area contributed by atoms with Gasteiger partial charge >= 0.3 is 0 Å². The maximum atomic E-state index is 11.4. The summed E-state index contributed by atoms with van der Waals surface area (Å²) >= 11 is 0. The zero-order valence-electron chi connectivity index (χ0n) is 12.4. The molecule has 2 rings (SSSR count). The van der Waals surface area contributed by atoms with Gasteiger partial charge in [0.1, 0.15) is 0 Å². The Labute approximate surface area is 120 Å². The number of aromatic nitrogens is 1. The lowest BCUT2D eigenvalue weighted by molar-refractivity contribution is 0.744. The van der Waals surface area contributed by atoms with Crippen molar-refractivity contribution in [2.75, 3.05) is 5.32 Å². The highest BCUT2D eigenvalue weighted by molar-refractivity contribution is 5.43. The topological polar surface area (TPSA) is 34.0 Å². The summed E-state index contributed by atoms with van der Waals surface area (Å²) in [6.07, 6.45) is 3.89. The van der Waals surface area contributed by atoms with Crippen molar-refractivity contribution < 1.29 is 0 Å². The SMILES string of the molecule is CCc1ccc(C(CC)Nc2ccc(=O)n(C)c2)cc1. The quantitative estimate of drug-likeness (QED) is 0.902. The summed E-state index contributed by atoms with van der Waals surface area (Å²) in [5, 5.41) is 3.49. The normalized spacial score (nSPS) is 12.2. The smallest absolute Gasteiger partial charge is 0.250 e. The first-order valence-electron chi connectivity index (χ1n) is 7.16. The third-order valence-corrected chi connectivity index (χ3v) is 3.63. The van der Waals surface area contributed by atoms with E-state index < -0.39 is 0 Å². The number of nitrogens with one attached hydrogen (secondary N) is 1. The van der Waals surface area contributed by atoms with Crippen molar-refractivity contribution in [2.24, 2.45) is 7.05 Å². The number of anilines is 1. The molecule has 0 radical (unpaired) electrons. The summed E-state index contributed by atoms with van der Waals surface area (Å²) in [5.41, 5.74) is 3.61. The molecule has 0 saturated carbocycles. The zero-order chi connectivity index (χ0) is 14.5. The minimum absolute atomic E-state index is 0.0101. The van der Waals surface area contributed by atoms with Crippen molar-refractivity contribution in [2.45, 2.75) is 32.7 Å². The Hall–Kier alpha value is -2.03. The van der Waals surface area contributed by atoms with E-state index in [9.17, 15) is 4.79 Å². The third-order valence-electron chi connectivity index (χ3n) is 3.63. The van der Waals surface area contributed by atoms with Crippen molar-refractivity contribution in [3.63, 3.8) is 0 Å². The Balaban J connectivity index is 2.18. The molecule has 0 aliphatic heterocycles. The average Bonchev–Trinajstić information content (AvgIpc) is 2.48. The van der Waals surface area contributed by atoms with E-state index in [4.69, 9.17) is 0 Å². The molecule has 20 heavy (non-hydrogen) atoms. The Bertz CT molecular complexity index is 614. The molecule has 106 valence electrons. The number of aryl methyl sites for hydroxylation is 2. The van der Waals surface area contributed by atoms with Crippen molar-refractivity contribution in [3.05, 3.63) is 64.1 Å². The van der Waals surface area contributed by atoms with Crippen LogP contribution in [0.1, 0.15) is 37.4 Å². The van der Waals surface area contributed by atoms with Crippen LogP contribution in [0, 0.1) is 0 Å². The first-order chi connectivity index (χ1) is 9.63. The van der Waals surface area contributed by atoms with E-state index in [1.807, 2.05) is 12.3 Å². The number of nitrogens with zero attached hydrogens (tertiary/aromatic N) is 1. The van der Waals surface area contributed by atoms with E-state index in [1.54, 1.807) is 17.7 Å². The summed E-state index contributed by atoms with van der Waals surface area (Å²) in [6.45, 7) is 4.32. The van der Waals surface area contributed by atoms with Crippen LogP contribution in [-0.2, 0) is 13.5 Å². The monoisotopic (exact) mass is 270 g/mol. The second-order valence-electron chi connectivity index (χ2n) is 5.07. The van der Waals surface area contributed by atoms with Crippen molar-refractivity contribution in [3.8, 4) is 0 Å². The molecule has 1 N–H and O–H groups in total. The van der Waals surface area contributed by atoms with Crippen LogP contribution in [0.25, 0.3) is 0 Å². The van der Waals surface area contributed by atoms with Crippen LogP contribution in [-0.4, -0.2) is 4.57 Å². The minimum Gasteiger partial charge on any atom is -0.377 e. The van der Waals surface area contributed by atoms with Crippen LogP contribution in [0.4, 0.5) is 5.69 Å². The number of hydrogen-bond acceptors (Lipinski definition) is 2. The van der Waals surface area contributed by atoms with Crippen molar-refractivity contribution in [1.82, 2.24) is 4.57 Å². The largest absolute Gasteiger partial charge is 0.377 e. The average molecular weight is 270 g/mol. The van der Waals surface area contributed by atoms with E-state index in [2.05, 4.69) is 43.4 Å². The zero-order valence-corrected chi connectivity index (χ0v) is 12.4. The van der Waals surface area contributed by atoms with Crippen LogP contribution in [0.15, 0.2) is 47.4 Å². The Morgan fingerprint density at radius 3 is 2.35 bits per heavy atom. The summed E-state index contributed by atoms with van der Waals surface area (Å²) in [5.74, 6) is 0. The van der Waals surface area contributed by atoms with Gasteiger partial charge in [0, 0.05) is 19.3 Å². The van der Waals surface area contributed by atoms with Gasteiger partial charge in [-0.15, -0.1) is 0 Å². The highest BCUT2D eigenvalue weighted by Crippen LogP contribution is 2.22. The Morgan fingerprint density at radius 1 is 1.10 bits per heavy atom. The summed E-state index contributed by atoms with van der Waals surface area (Å²) in [6, 6.07) is 12.4. The van der Waals surface area contributed by atoms with Gasteiger partial charge in [-0.25, -0.2) is 0 Å². The van der Waals surface area contributed by atoms with E-state index in [-0.39, 0.29) is 11.6 Å². The molecular weight excluding hydrogens is 248 g/mol. The number of benzene rings is 1. The number of rotatable bonds is 5. The van der Waals surface area contributed by atoms with Crippen LogP contribution >= 0.6 is 0 Å². The number of hydrogen-bond donors (Lipinski definition) is 1. The molecule has 0 aliphatic carbocycles. The van der Waals surface area contributed by atoms with Gasteiger partial charge in [0.05, 0.1) is 11.7 Å². The molecule has 0 fully saturated rings. The highest BCUT2D eigenvalue weighted by atomic mass is 16.1. The minimum atomic E-state index is 0.0101. The second-order valence-corrected chi connectivity index (χ2v) is 5.07. The standard InChI is InChI=1S/C17H22N2O/c1-4-13-6-8-14(9-7-13)16(5-2)18-15-10-11-17(20)19(3)12-15/h6-12,16,18H,4-5H2,1-3H3. The molecule has 3 nitrogen and oxygen atoms in total. The van der Waals surface area contributed by atoms with Gasteiger partial charge < -0.3 is 9.88 Å². The second kappa shape index (κ2) is 6.42. The third kappa shape index (κ3) is 3.29. The predicted molar refractivity (Wildman–Crippen MR) is 84.2 cm³/mol. The van der Waals surface area contributed by atoms with Crippen LogP contribution in [0.2, 0.25) is 0 Å². The lowest BCUT2D eigenvalue weighted by atomic mass is 10.0. The fraction of sp³-hybridized carbons (Fsp3) is 0.353. The van der Waals surface area contributed by atoms with Crippen LogP contribution in [0.5, 0.6) is 0 Å². The van der Waals surface area contributed by atoms with E-state index >= 15 is 0 Å². The summed E-state index contributed by atoms with van der Waals surface area (Å²) in [7, 11) is 1.77. The molecule has 0 bridgehead atoms. The van der Waals surface area contributed by atoms with E-state index in [0.717, 1.165) is 18.5 Å². The van der Waals surface area contributed by atoms with Crippen LogP contribution in [0.3, 0.4) is 0 Å². The van der Waals surface area contributed by atoms with Gasteiger partial charge in [0.2, 0.25) is 5.56 Å². The maximum absolute atomic E-state index is 11.4. The highest BCUT2D eigenvalue weighted by Gasteiger charge is 2.09. The van der Waals surface area contributed by atoms with Crippen LogP contribution < -0.4 is 10.9 Å². The summed E-state index contributed by atoms with van der Waals surface area (Å²) < 4.78 is 1.59. The molecule has 1 atom stereocenters. The van der Waals surface area contributed by atoms with Gasteiger partial charge in [-0.05, 0) is 30.0 Å². The first-order valence-corrected chi connectivity index (χ1v) is 7.16. The molecular formula is C17H22N2O. The molecule has 1 aromatic heterocycles. The molecule has 1 unspecified atom stereocenters. The maximum Gasteiger partial charge on any atom is 0.250 e. The molecule has 2 aromatic rings. The molecule has 0 spiro atoms. The Kier molecular flexibility index (Phi) is 4.61. The lowest BCUT2D eigenvalue weighted by Gasteiger charge is -2.19. The fourth-order valence-corrected chi connectivity index (χ4v) is 2.29. The van der Waals surface area contributed by atoms with E-state index in [1.165, 1.54) is 11.1 Å². The molecule has 1 aromatic carbocycles. The Morgan fingerprint density at radius 2 is 1.80 bits per heavy atom. The van der Waals surface area contributed by atoms with Gasteiger partial charge in [0.15, 0.2) is 0 Å². The molecule has 0 amide bonds. The number of pyridine rings is 1. The molecule has 0 aliphatic rings. The summed E-state index contributed by atoms with van der Waals surface area (Å²) in [4.78, 5) is 11.4. The van der Waals surface area contributed by atoms with Gasteiger partial charge in [0.25, 0.3) is 0 Å². The molecule has 1 heterocycles. The van der Waals surface area contributed by atoms with E-state index in [0.29, 0.717) is 0 Å². The lowest BCUT2D eigenvalue weighted by Crippen LogP contribution is -2.17.